The predicted molar refractivity (Wildman–Crippen MR) is 53.4 cm³/mol. The van der Waals surface area contributed by atoms with E-state index in [1.807, 2.05) is 0 Å². The van der Waals surface area contributed by atoms with Crippen LogP contribution in [0.25, 0.3) is 11.1 Å². The predicted octanol–water partition coefficient (Wildman–Crippen LogP) is 2.74. The Morgan fingerprint density at radius 2 is 2.00 bits per heavy atom. The van der Waals surface area contributed by atoms with E-state index < -0.39 is 17.8 Å². The first-order valence-corrected chi connectivity index (χ1v) is 4.47. The number of hydrogen-bond acceptors (Lipinski definition) is 2. The van der Waals surface area contributed by atoms with Gasteiger partial charge in [-0.2, -0.15) is 5.10 Å². The Morgan fingerprint density at radius 1 is 1.25 bits per heavy atom. The fourth-order valence-electron chi connectivity index (χ4n) is 1.50. The van der Waals surface area contributed by atoms with E-state index in [1.54, 1.807) is 0 Å². The first-order valence-electron chi connectivity index (χ1n) is 4.47. The van der Waals surface area contributed by atoms with E-state index in [0.717, 1.165) is 6.07 Å². The Labute approximate surface area is 89.1 Å². The van der Waals surface area contributed by atoms with Gasteiger partial charge in [0.1, 0.15) is 11.6 Å². The van der Waals surface area contributed by atoms with Crippen LogP contribution in [0.2, 0.25) is 0 Å². The minimum Gasteiger partial charge on any atom is -0.384 e. The number of rotatable bonds is 2. The number of benzene rings is 1. The van der Waals surface area contributed by atoms with Crippen LogP contribution in [0.5, 0.6) is 0 Å². The molecule has 0 fully saturated rings. The molecule has 1 heterocycles. The van der Waals surface area contributed by atoms with Crippen LogP contribution in [-0.2, 0) is 0 Å². The smallest absolute Gasteiger partial charge is 0.267 e. The minimum absolute atomic E-state index is 0.0567. The van der Waals surface area contributed by atoms with Gasteiger partial charge in [0.2, 0.25) is 0 Å². The molecule has 0 aliphatic rings. The number of nitrogens with one attached hydrogen (secondary N) is 1. The molecular weight excluding hydrogens is 219 g/mol. The van der Waals surface area contributed by atoms with Crippen LogP contribution in [0.4, 0.5) is 19.0 Å². The zero-order chi connectivity index (χ0) is 11.7. The number of aromatic amines is 1. The van der Waals surface area contributed by atoms with E-state index in [4.69, 9.17) is 5.73 Å². The van der Waals surface area contributed by atoms with E-state index in [1.165, 1.54) is 18.3 Å². The molecule has 84 valence electrons. The average molecular weight is 227 g/mol. The lowest BCUT2D eigenvalue weighted by atomic mass is 10.0. The largest absolute Gasteiger partial charge is 0.384 e. The second kappa shape index (κ2) is 3.88. The van der Waals surface area contributed by atoms with Gasteiger partial charge in [0.15, 0.2) is 0 Å². The first kappa shape index (κ1) is 10.5. The molecule has 0 aliphatic heterocycles. The van der Waals surface area contributed by atoms with Crippen molar-refractivity contribution >= 4 is 5.82 Å². The third kappa shape index (κ3) is 1.62. The van der Waals surface area contributed by atoms with Crippen LogP contribution in [0, 0.1) is 5.82 Å². The molecule has 2 rings (SSSR count). The molecule has 2 aromatic rings. The van der Waals surface area contributed by atoms with Crippen LogP contribution in [-0.4, -0.2) is 10.2 Å². The van der Waals surface area contributed by atoms with Crippen molar-refractivity contribution in [2.45, 2.75) is 6.43 Å². The van der Waals surface area contributed by atoms with Gasteiger partial charge in [-0.05, 0) is 11.6 Å². The van der Waals surface area contributed by atoms with Gasteiger partial charge in [-0.1, -0.05) is 12.1 Å². The van der Waals surface area contributed by atoms with Gasteiger partial charge in [0, 0.05) is 5.56 Å². The summed E-state index contributed by atoms with van der Waals surface area (Å²) < 4.78 is 38.7. The summed E-state index contributed by atoms with van der Waals surface area (Å²) in [6.07, 6.45) is -1.61. The molecule has 6 heteroatoms. The number of hydrogen-bond donors (Lipinski definition) is 2. The number of nitrogen functional groups attached to an aromatic ring is 1. The van der Waals surface area contributed by atoms with Crippen molar-refractivity contribution in [2.24, 2.45) is 0 Å². The third-order valence-corrected chi connectivity index (χ3v) is 2.23. The lowest BCUT2D eigenvalue weighted by Crippen LogP contribution is -1.96. The lowest BCUT2D eigenvalue weighted by molar-refractivity contribution is 0.147. The second-order valence-corrected chi connectivity index (χ2v) is 3.20. The monoisotopic (exact) mass is 227 g/mol. The van der Waals surface area contributed by atoms with Gasteiger partial charge in [-0.15, -0.1) is 0 Å². The molecule has 0 saturated carbocycles. The maximum atomic E-state index is 13.3. The number of H-pyrrole nitrogens is 1. The summed E-state index contributed by atoms with van der Waals surface area (Å²) in [6, 6.07) is 3.72. The van der Waals surface area contributed by atoms with Crippen molar-refractivity contribution in [2.75, 3.05) is 5.73 Å². The Bertz CT molecular complexity index is 508. The zero-order valence-corrected chi connectivity index (χ0v) is 8.05. The molecule has 0 saturated heterocycles. The van der Waals surface area contributed by atoms with E-state index in [2.05, 4.69) is 10.2 Å². The van der Waals surface area contributed by atoms with E-state index >= 15 is 0 Å². The number of nitrogens with zero attached hydrogens (tertiary/aromatic N) is 1. The van der Waals surface area contributed by atoms with Gasteiger partial charge >= 0.3 is 0 Å². The fraction of sp³-hybridized carbons (Fsp3) is 0.100. The van der Waals surface area contributed by atoms with Crippen molar-refractivity contribution in [1.29, 1.82) is 0 Å². The highest BCUT2D eigenvalue weighted by Crippen LogP contribution is 2.34. The van der Waals surface area contributed by atoms with E-state index in [0.29, 0.717) is 0 Å². The molecule has 16 heavy (non-hydrogen) atoms. The molecule has 3 N–H and O–H groups in total. The highest BCUT2D eigenvalue weighted by Gasteiger charge is 2.20. The van der Waals surface area contributed by atoms with Crippen LogP contribution in [0.3, 0.4) is 0 Å². The summed E-state index contributed by atoms with van der Waals surface area (Å²) in [4.78, 5) is 0. The van der Waals surface area contributed by atoms with Crippen molar-refractivity contribution in [3.63, 3.8) is 0 Å². The number of nitrogens with two attached hydrogens (primary N) is 1. The molecule has 1 aromatic carbocycles. The Balaban J connectivity index is 2.66. The molecule has 0 amide bonds. The number of aromatic nitrogens is 2. The lowest BCUT2D eigenvalue weighted by Gasteiger charge is -2.08. The van der Waals surface area contributed by atoms with Gasteiger partial charge in [0.05, 0.1) is 11.8 Å². The second-order valence-electron chi connectivity index (χ2n) is 3.20. The zero-order valence-electron chi connectivity index (χ0n) is 8.05. The molecule has 0 radical (unpaired) electrons. The van der Waals surface area contributed by atoms with Crippen molar-refractivity contribution < 1.29 is 13.2 Å². The van der Waals surface area contributed by atoms with Crippen LogP contribution in [0.1, 0.15) is 12.0 Å². The van der Waals surface area contributed by atoms with Crippen molar-refractivity contribution in [3.8, 4) is 11.1 Å². The SMILES string of the molecule is Nc1[nH]ncc1-c1cccc(F)c1C(F)F. The molecular formula is C10H8F3N3. The summed E-state index contributed by atoms with van der Waals surface area (Å²) in [5, 5.41) is 6.02. The summed E-state index contributed by atoms with van der Waals surface area (Å²) in [7, 11) is 0. The Hall–Kier alpha value is -1.98. The fourth-order valence-corrected chi connectivity index (χ4v) is 1.50. The Kier molecular flexibility index (Phi) is 2.55. The summed E-state index contributed by atoms with van der Waals surface area (Å²) in [5.41, 5.74) is 5.18. The molecule has 0 aliphatic carbocycles. The summed E-state index contributed by atoms with van der Waals surface area (Å²) in [6.45, 7) is 0. The number of halogens is 3. The first-order chi connectivity index (χ1) is 7.61. The van der Waals surface area contributed by atoms with Crippen LogP contribution >= 0.6 is 0 Å². The normalized spacial score (nSPS) is 11.0. The highest BCUT2D eigenvalue weighted by atomic mass is 19.3. The van der Waals surface area contributed by atoms with Gasteiger partial charge in [-0.25, -0.2) is 13.2 Å². The molecule has 0 bridgehead atoms. The Morgan fingerprint density at radius 3 is 2.56 bits per heavy atom. The van der Waals surface area contributed by atoms with Gasteiger partial charge in [-0.3, -0.25) is 5.10 Å². The minimum atomic E-state index is -2.90. The van der Waals surface area contributed by atoms with Crippen molar-refractivity contribution in [1.82, 2.24) is 10.2 Å². The topological polar surface area (TPSA) is 54.7 Å². The summed E-state index contributed by atoms with van der Waals surface area (Å²) >= 11 is 0. The standard InChI is InChI=1S/C10H8F3N3/c11-7-3-1-2-5(8(7)9(12)13)6-4-15-16-10(6)14/h1-4,9H,(H3,14,15,16). The van der Waals surface area contributed by atoms with Crippen molar-refractivity contribution in [3.05, 3.63) is 35.8 Å². The molecule has 3 nitrogen and oxygen atoms in total. The molecule has 0 spiro atoms. The summed E-state index contributed by atoms with van der Waals surface area (Å²) in [5.74, 6) is -0.819. The van der Waals surface area contributed by atoms with E-state index in [9.17, 15) is 13.2 Å². The van der Waals surface area contributed by atoms with E-state index in [-0.39, 0.29) is 16.9 Å². The van der Waals surface area contributed by atoms with Gasteiger partial charge in [0.25, 0.3) is 6.43 Å². The molecule has 0 atom stereocenters. The van der Waals surface area contributed by atoms with Crippen LogP contribution in [0.15, 0.2) is 24.4 Å². The number of alkyl halides is 2. The highest BCUT2D eigenvalue weighted by molar-refractivity contribution is 5.76. The van der Waals surface area contributed by atoms with Gasteiger partial charge < -0.3 is 5.73 Å². The maximum Gasteiger partial charge on any atom is 0.267 e. The molecule has 0 unspecified atom stereocenters. The van der Waals surface area contributed by atoms with Crippen LogP contribution < -0.4 is 5.73 Å². The number of anilines is 1. The quantitative estimate of drug-likeness (QED) is 0.828. The third-order valence-electron chi connectivity index (χ3n) is 2.23. The molecule has 1 aromatic heterocycles. The average Bonchev–Trinajstić information content (AvgIpc) is 2.63. The maximum absolute atomic E-state index is 13.3.